The van der Waals surface area contributed by atoms with Gasteiger partial charge in [0, 0.05) is 11.7 Å². The monoisotopic (exact) mass is 521 g/mol. The summed E-state index contributed by atoms with van der Waals surface area (Å²) in [5, 5.41) is 5.88. The number of aryl methyl sites for hydroxylation is 2. The minimum atomic E-state index is -0.862. The van der Waals surface area contributed by atoms with Gasteiger partial charge in [0.25, 0.3) is 5.91 Å². The molecule has 4 unspecified atom stereocenters. The number of ether oxygens (including phenoxy) is 1. The van der Waals surface area contributed by atoms with Crippen LogP contribution in [0.2, 0.25) is 0 Å². The van der Waals surface area contributed by atoms with Crippen molar-refractivity contribution in [3.05, 3.63) is 64.7 Å². The number of nitrogens with zero attached hydrogens (tertiary/aromatic N) is 1. The van der Waals surface area contributed by atoms with E-state index in [1.54, 1.807) is 25.7 Å². The standard InChI is InChI=1S/C31H43N3O4/c1-18(2)26(33-30(37)38-31(7,8)9)29(36)34(25-17-21(25)5)27(23-15-12-14-19(3)22(23)6)28(35)32-24-16-11-10-13-20(24)4/h10-16,18,21,25-27H,17H2,1-9H3,(H,32,35)(H,33,37). The number of nitrogens with one attached hydrogen (secondary N) is 2. The van der Waals surface area contributed by atoms with Gasteiger partial charge in [0.1, 0.15) is 17.7 Å². The molecule has 0 heterocycles. The second kappa shape index (κ2) is 11.6. The lowest BCUT2D eigenvalue weighted by Gasteiger charge is -2.37. The van der Waals surface area contributed by atoms with E-state index >= 15 is 0 Å². The molecule has 0 aromatic heterocycles. The van der Waals surface area contributed by atoms with Crippen molar-refractivity contribution < 1.29 is 19.1 Å². The first kappa shape index (κ1) is 29.2. The van der Waals surface area contributed by atoms with Crippen LogP contribution >= 0.6 is 0 Å². The Morgan fingerprint density at radius 1 is 0.974 bits per heavy atom. The number of anilines is 1. The Balaban J connectivity index is 2.07. The number of para-hydroxylation sites is 1. The summed E-state index contributed by atoms with van der Waals surface area (Å²) in [5.41, 5.74) is 3.72. The van der Waals surface area contributed by atoms with Crippen molar-refractivity contribution in [1.29, 1.82) is 0 Å². The summed E-state index contributed by atoms with van der Waals surface area (Å²) in [5.74, 6) is -0.538. The van der Waals surface area contributed by atoms with Crippen LogP contribution in [0.5, 0.6) is 0 Å². The summed E-state index contributed by atoms with van der Waals surface area (Å²) in [4.78, 5) is 42.9. The first-order valence-electron chi connectivity index (χ1n) is 13.5. The predicted octanol–water partition coefficient (Wildman–Crippen LogP) is 6.08. The van der Waals surface area contributed by atoms with Gasteiger partial charge in [0.05, 0.1) is 0 Å². The first-order chi connectivity index (χ1) is 17.7. The summed E-state index contributed by atoms with van der Waals surface area (Å²) in [6.07, 6.45) is 0.142. The van der Waals surface area contributed by atoms with E-state index in [1.807, 2.05) is 77.1 Å². The van der Waals surface area contributed by atoms with Crippen LogP contribution in [-0.2, 0) is 14.3 Å². The van der Waals surface area contributed by atoms with Crippen molar-refractivity contribution in [1.82, 2.24) is 10.2 Å². The van der Waals surface area contributed by atoms with Gasteiger partial charge in [-0.3, -0.25) is 9.59 Å². The highest BCUT2D eigenvalue weighted by atomic mass is 16.6. The minimum absolute atomic E-state index is 0.114. The molecule has 38 heavy (non-hydrogen) atoms. The second-order valence-electron chi connectivity index (χ2n) is 11.9. The highest BCUT2D eigenvalue weighted by molar-refractivity contribution is 6.00. The molecular weight excluding hydrogens is 478 g/mol. The van der Waals surface area contributed by atoms with Crippen LogP contribution < -0.4 is 10.6 Å². The molecule has 0 saturated heterocycles. The predicted molar refractivity (Wildman–Crippen MR) is 151 cm³/mol. The van der Waals surface area contributed by atoms with E-state index in [2.05, 4.69) is 17.6 Å². The minimum Gasteiger partial charge on any atom is -0.444 e. The van der Waals surface area contributed by atoms with Crippen LogP contribution in [0.15, 0.2) is 42.5 Å². The molecule has 1 aliphatic carbocycles. The van der Waals surface area contributed by atoms with Gasteiger partial charge >= 0.3 is 6.09 Å². The maximum absolute atomic E-state index is 14.3. The Kier molecular flexibility index (Phi) is 8.90. The molecule has 0 spiro atoms. The van der Waals surface area contributed by atoms with Gasteiger partial charge in [-0.15, -0.1) is 0 Å². The Morgan fingerprint density at radius 2 is 1.58 bits per heavy atom. The van der Waals surface area contributed by atoms with Crippen molar-refractivity contribution >= 4 is 23.6 Å². The Labute approximate surface area is 227 Å². The fourth-order valence-electron chi connectivity index (χ4n) is 4.68. The number of rotatable bonds is 8. The maximum Gasteiger partial charge on any atom is 0.408 e. The lowest BCUT2D eigenvalue weighted by Crippen LogP contribution is -2.55. The van der Waals surface area contributed by atoms with Gasteiger partial charge < -0.3 is 20.3 Å². The van der Waals surface area contributed by atoms with Gasteiger partial charge in [0.2, 0.25) is 5.91 Å². The number of carbonyl (C=O) groups excluding carboxylic acids is 3. The first-order valence-corrected chi connectivity index (χ1v) is 13.5. The van der Waals surface area contributed by atoms with Crippen molar-refractivity contribution in [2.75, 3.05) is 5.32 Å². The summed E-state index contributed by atoms with van der Waals surface area (Å²) in [6, 6.07) is 11.6. The van der Waals surface area contributed by atoms with Crippen LogP contribution in [-0.4, -0.2) is 40.5 Å². The fraction of sp³-hybridized carbons (Fsp3) is 0.516. The molecule has 1 fully saturated rings. The lowest BCUT2D eigenvalue weighted by molar-refractivity contribution is -0.142. The average Bonchev–Trinajstić information content (AvgIpc) is 3.53. The molecule has 1 saturated carbocycles. The normalized spacial score (nSPS) is 18.4. The zero-order valence-corrected chi connectivity index (χ0v) is 24.2. The molecule has 1 aliphatic rings. The number of amides is 3. The van der Waals surface area contributed by atoms with E-state index < -0.39 is 23.8 Å². The number of hydrogen-bond acceptors (Lipinski definition) is 4. The summed E-state index contributed by atoms with van der Waals surface area (Å²) in [6.45, 7) is 17.1. The molecule has 2 N–H and O–H groups in total. The third-order valence-electron chi connectivity index (χ3n) is 7.15. The van der Waals surface area contributed by atoms with Gasteiger partial charge in [-0.2, -0.15) is 0 Å². The molecule has 0 aliphatic heterocycles. The van der Waals surface area contributed by atoms with Crippen LogP contribution in [0.4, 0.5) is 10.5 Å². The highest BCUT2D eigenvalue weighted by Crippen LogP contribution is 2.42. The van der Waals surface area contributed by atoms with Crippen LogP contribution in [0.1, 0.15) is 76.3 Å². The van der Waals surface area contributed by atoms with E-state index in [9.17, 15) is 14.4 Å². The summed E-state index contributed by atoms with van der Waals surface area (Å²) < 4.78 is 5.47. The van der Waals surface area contributed by atoms with Crippen LogP contribution in [0.25, 0.3) is 0 Å². The Morgan fingerprint density at radius 3 is 2.13 bits per heavy atom. The number of carbonyl (C=O) groups is 3. The molecule has 7 nitrogen and oxygen atoms in total. The molecule has 4 atom stereocenters. The molecule has 3 rings (SSSR count). The lowest BCUT2D eigenvalue weighted by atomic mass is 9.93. The molecule has 2 aromatic carbocycles. The van der Waals surface area contributed by atoms with Crippen molar-refractivity contribution in [2.24, 2.45) is 11.8 Å². The number of benzene rings is 2. The van der Waals surface area contributed by atoms with Crippen LogP contribution in [0.3, 0.4) is 0 Å². The van der Waals surface area contributed by atoms with E-state index in [0.717, 1.165) is 28.7 Å². The van der Waals surface area contributed by atoms with E-state index in [4.69, 9.17) is 4.74 Å². The molecule has 206 valence electrons. The molecule has 7 heteroatoms. The SMILES string of the molecule is Cc1ccccc1NC(=O)C(c1cccc(C)c1C)N(C(=O)C(NC(=O)OC(C)(C)C)C(C)C)C1CC1C. The fourth-order valence-corrected chi connectivity index (χ4v) is 4.68. The third-order valence-corrected chi connectivity index (χ3v) is 7.15. The largest absolute Gasteiger partial charge is 0.444 e. The molecular formula is C31H43N3O4. The maximum atomic E-state index is 14.3. The molecule has 0 radical (unpaired) electrons. The summed E-state index contributed by atoms with van der Waals surface area (Å²) >= 11 is 0. The van der Waals surface area contributed by atoms with E-state index in [0.29, 0.717) is 5.69 Å². The number of alkyl carbamates (subject to hydrolysis) is 1. The van der Waals surface area contributed by atoms with Gasteiger partial charge in [0.15, 0.2) is 0 Å². The van der Waals surface area contributed by atoms with Crippen LogP contribution in [0, 0.1) is 32.6 Å². The quantitative estimate of drug-likeness (QED) is 0.441. The van der Waals surface area contributed by atoms with Crippen molar-refractivity contribution in [3.63, 3.8) is 0 Å². The van der Waals surface area contributed by atoms with Crippen molar-refractivity contribution in [3.8, 4) is 0 Å². The van der Waals surface area contributed by atoms with Gasteiger partial charge in [-0.05, 0) is 88.1 Å². The van der Waals surface area contributed by atoms with Gasteiger partial charge in [-0.1, -0.05) is 57.2 Å². The second-order valence-corrected chi connectivity index (χ2v) is 11.9. The Bertz CT molecular complexity index is 1180. The van der Waals surface area contributed by atoms with Crippen molar-refractivity contribution in [2.45, 2.75) is 92.5 Å². The molecule has 2 aromatic rings. The third kappa shape index (κ3) is 6.94. The zero-order chi connectivity index (χ0) is 28.4. The van der Waals surface area contributed by atoms with E-state index in [-0.39, 0.29) is 29.7 Å². The summed E-state index contributed by atoms with van der Waals surface area (Å²) in [7, 11) is 0. The topological polar surface area (TPSA) is 87.7 Å². The molecule has 3 amide bonds. The number of hydrogen-bond donors (Lipinski definition) is 2. The molecule has 0 bridgehead atoms. The highest BCUT2D eigenvalue weighted by Gasteiger charge is 2.49. The van der Waals surface area contributed by atoms with Gasteiger partial charge in [-0.25, -0.2) is 4.79 Å². The smallest absolute Gasteiger partial charge is 0.408 e. The zero-order valence-electron chi connectivity index (χ0n) is 24.2. The average molecular weight is 522 g/mol. The van der Waals surface area contributed by atoms with E-state index in [1.165, 1.54) is 0 Å². The Hall–Kier alpha value is -3.35.